The van der Waals surface area contributed by atoms with Crippen LogP contribution in [0.2, 0.25) is 0 Å². The van der Waals surface area contributed by atoms with Crippen molar-refractivity contribution in [1.29, 1.82) is 0 Å². The second-order valence-electron chi connectivity index (χ2n) is 5.82. The van der Waals surface area contributed by atoms with Gasteiger partial charge in [0.05, 0.1) is 0 Å². The Morgan fingerprint density at radius 1 is 1.38 bits per heavy atom. The minimum atomic E-state index is 0.0949. The molecule has 1 saturated carbocycles. The molecule has 1 aliphatic carbocycles. The summed E-state index contributed by atoms with van der Waals surface area (Å²) in [6.45, 7) is 9.15. The molecule has 0 radical (unpaired) electrons. The summed E-state index contributed by atoms with van der Waals surface area (Å²) in [5.41, 5.74) is 0.606. The van der Waals surface area contributed by atoms with E-state index in [0.29, 0.717) is 5.41 Å². The van der Waals surface area contributed by atoms with Crippen LogP contribution in [0, 0.1) is 29.1 Å². The van der Waals surface area contributed by atoms with Gasteiger partial charge in [0.1, 0.15) is 0 Å². The molecule has 1 unspecified atom stereocenters. The molecule has 0 bridgehead atoms. The fourth-order valence-corrected chi connectivity index (χ4v) is 2.43. The monoisotopic (exact) mass is 178 g/mol. The van der Waals surface area contributed by atoms with Crippen LogP contribution in [0.15, 0.2) is 0 Å². The van der Waals surface area contributed by atoms with Crippen LogP contribution in [0.4, 0.5) is 0 Å². The Balaban J connectivity index is 2.68. The maximum atomic E-state index is 5.58. The lowest BCUT2D eigenvalue weighted by molar-refractivity contribution is 0.118. The Morgan fingerprint density at radius 2 is 2.00 bits per heavy atom. The van der Waals surface area contributed by atoms with Gasteiger partial charge in [-0.15, -0.1) is 12.3 Å². The number of terminal acetylenes is 1. The summed E-state index contributed by atoms with van der Waals surface area (Å²) in [6.07, 6.45) is 10.9. The molecule has 13 heavy (non-hydrogen) atoms. The third kappa shape index (κ3) is 2.50. The van der Waals surface area contributed by atoms with E-state index in [-0.39, 0.29) is 5.41 Å². The molecule has 0 heteroatoms. The summed E-state index contributed by atoms with van der Waals surface area (Å²) >= 11 is 0. The molecule has 1 fully saturated rings. The summed E-state index contributed by atoms with van der Waals surface area (Å²) in [5, 5.41) is 0. The van der Waals surface area contributed by atoms with E-state index in [2.05, 4.69) is 33.6 Å². The number of hydrogen-bond acceptors (Lipinski definition) is 0. The Kier molecular flexibility index (Phi) is 2.76. The van der Waals surface area contributed by atoms with Crippen molar-refractivity contribution in [2.45, 2.75) is 53.4 Å². The van der Waals surface area contributed by atoms with Crippen LogP contribution in [0.1, 0.15) is 53.4 Å². The van der Waals surface area contributed by atoms with E-state index in [0.717, 1.165) is 5.92 Å². The molecule has 1 atom stereocenters. The molecule has 1 rings (SSSR count). The highest BCUT2D eigenvalue weighted by molar-refractivity contribution is 5.05. The average molecular weight is 178 g/mol. The lowest BCUT2D eigenvalue weighted by Gasteiger charge is -2.41. The highest BCUT2D eigenvalue weighted by atomic mass is 14.4. The molecule has 1 aliphatic rings. The third-order valence-electron chi connectivity index (χ3n) is 3.60. The van der Waals surface area contributed by atoms with Gasteiger partial charge in [-0.25, -0.2) is 0 Å². The molecule has 0 N–H and O–H groups in total. The van der Waals surface area contributed by atoms with E-state index in [9.17, 15) is 0 Å². The van der Waals surface area contributed by atoms with Gasteiger partial charge in [0.2, 0.25) is 0 Å². The van der Waals surface area contributed by atoms with E-state index in [4.69, 9.17) is 6.42 Å². The topological polar surface area (TPSA) is 0 Å². The number of rotatable bonds is 1. The first-order valence-electron chi connectivity index (χ1n) is 5.35. The van der Waals surface area contributed by atoms with Crippen LogP contribution < -0.4 is 0 Å². The zero-order valence-electron chi connectivity index (χ0n) is 9.48. The van der Waals surface area contributed by atoms with Crippen molar-refractivity contribution >= 4 is 0 Å². The van der Waals surface area contributed by atoms with Crippen molar-refractivity contribution in [2.24, 2.45) is 16.7 Å². The van der Waals surface area contributed by atoms with E-state index >= 15 is 0 Å². The van der Waals surface area contributed by atoms with E-state index < -0.39 is 0 Å². The van der Waals surface area contributed by atoms with Gasteiger partial charge in [0, 0.05) is 5.41 Å². The van der Waals surface area contributed by atoms with E-state index in [1.54, 1.807) is 0 Å². The third-order valence-corrected chi connectivity index (χ3v) is 3.60. The maximum Gasteiger partial charge on any atom is 0.0284 e. The van der Waals surface area contributed by atoms with Crippen molar-refractivity contribution in [2.75, 3.05) is 0 Å². The predicted octanol–water partition coefficient (Wildman–Crippen LogP) is 3.86. The molecule has 0 spiro atoms. The van der Waals surface area contributed by atoms with Gasteiger partial charge in [-0.05, 0) is 44.4 Å². The molecule has 0 nitrogen and oxygen atoms in total. The molecule has 0 saturated heterocycles. The molecule has 0 heterocycles. The minimum Gasteiger partial charge on any atom is -0.120 e. The first kappa shape index (κ1) is 10.6. The van der Waals surface area contributed by atoms with Crippen LogP contribution >= 0.6 is 0 Å². The lowest BCUT2D eigenvalue weighted by atomic mass is 9.64. The smallest absolute Gasteiger partial charge is 0.0284 e. The largest absolute Gasteiger partial charge is 0.120 e. The summed E-state index contributed by atoms with van der Waals surface area (Å²) in [4.78, 5) is 0. The van der Waals surface area contributed by atoms with Crippen LogP contribution in [0.5, 0.6) is 0 Å². The quantitative estimate of drug-likeness (QED) is 0.535. The highest BCUT2D eigenvalue weighted by Gasteiger charge is 2.35. The Labute approximate surface area is 83.1 Å². The van der Waals surface area contributed by atoms with Crippen molar-refractivity contribution in [3.05, 3.63) is 0 Å². The summed E-state index contributed by atoms with van der Waals surface area (Å²) in [5.74, 6) is 3.67. The van der Waals surface area contributed by atoms with E-state index in [1.807, 2.05) is 0 Å². The Morgan fingerprint density at radius 3 is 2.46 bits per heavy atom. The van der Waals surface area contributed by atoms with Crippen molar-refractivity contribution in [1.82, 2.24) is 0 Å². The summed E-state index contributed by atoms with van der Waals surface area (Å²) in [6, 6.07) is 0. The normalized spacial score (nSPS) is 28.1. The Bertz CT molecular complexity index is 215. The van der Waals surface area contributed by atoms with Gasteiger partial charge >= 0.3 is 0 Å². The standard InChI is InChI=1S/C13H22/c1-6-13(4,5)11-8-7-9-12(2,3)10-11/h1,11H,7-10H2,2-5H3. The van der Waals surface area contributed by atoms with E-state index in [1.165, 1.54) is 25.7 Å². The fraction of sp³-hybridized carbons (Fsp3) is 0.846. The van der Waals surface area contributed by atoms with Gasteiger partial charge < -0.3 is 0 Å². The van der Waals surface area contributed by atoms with Gasteiger partial charge in [0.15, 0.2) is 0 Å². The van der Waals surface area contributed by atoms with Gasteiger partial charge in [-0.3, -0.25) is 0 Å². The first-order valence-corrected chi connectivity index (χ1v) is 5.35. The fourth-order valence-electron chi connectivity index (χ4n) is 2.43. The van der Waals surface area contributed by atoms with Crippen LogP contribution in [-0.4, -0.2) is 0 Å². The summed E-state index contributed by atoms with van der Waals surface area (Å²) in [7, 11) is 0. The molecular weight excluding hydrogens is 156 g/mol. The van der Waals surface area contributed by atoms with Gasteiger partial charge in [-0.2, -0.15) is 0 Å². The predicted molar refractivity (Wildman–Crippen MR) is 58.4 cm³/mol. The molecule has 0 aromatic carbocycles. The van der Waals surface area contributed by atoms with Crippen LogP contribution in [0.3, 0.4) is 0 Å². The average Bonchev–Trinajstić information content (AvgIpc) is 2.03. The molecule has 0 amide bonds. The number of hydrogen-bond donors (Lipinski definition) is 0. The first-order chi connectivity index (χ1) is 5.87. The summed E-state index contributed by atoms with van der Waals surface area (Å²) < 4.78 is 0. The molecule has 0 aromatic rings. The maximum absolute atomic E-state index is 5.58. The Hall–Kier alpha value is -0.440. The van der Waals surface area contributed by atoms with Crippen molar-refractivity contribution in [3.63, 3.8) is 0 Å². The SMILES string of the molecule is C#CC(C)(C)C1CCCC(C)(C)C1. The molecule has 0 aliphatic heterocycles. The van der Waals surface area contributed by atoms with Crippen LogP contribution in [-0.2, 0) is 0 Å². The highest BCUT2D eigenvalue weighted by Crippen LogP contribution is 2.45. The molecular formula is C13H22. The lowest BCUT2D eigenvalue weighted by Crippen LogP contribution is -2.31. The second-order valence-corrected chi connectivity index (χ2v) is 5.82. The van der Waals surface area contributed by atoms with Gasteiger partial charge in [0.25, 0.3) is 0 Å². The van der Waals surface area contributed by atoms with Crippen molar-refractivity contribution in [3.8, 4) is 12.3 Å². The van der Waals surface area contributed by atoms with Crippen LogP contribution in [0.25, 0.3) is 0 Å². The second kappa shape index (κ2) is 3.37. The minimum absolute atomic E-state index is 0.0949. The van der Waals surface area contributed by atoms with Gasteiger partial charge in [-0.1, -0.05) is 20.3 Å². The molecule has 0 aromatic heterocycles. The zero-order chi connectivity index (χ0) is 10.1. The van der Waals surface area contributed by atoms with Crippen molar-refractivity contribution < 1.29 is 0 Å². The zero-order valence-corrected chi connectivity index (χ0v) is 9.48. The molecule has 74 valence electrons.